The molecule has 0 saturated heterocycles. The second kappa shape index (κ2) is 5.72. The van der Waals surface area contributed by atoms with Gasteiger partial charge < -0.3 is 5.32 Å². The predicted octanol–water partition coefficient (Wildman–Crippen LogP) is 3.53. The fourth-order valence-electron chi connectivity index (χ4n) is 1.79. The Morgan fingerprint density at radius 2 is 2.13 bits per heavy atom. The summed E-state index contributed by atoms with van der Waals surface area (Å²) in [6.45, 7) is 11.4. The van der Waals surface area contributed by atoms with E-state index in [2.05, 4.69) is 50.9 Å². The molecule has 1 heteroatoms. The third kappa shape index (κ3) is 3.21. The second-order valence-electron chi connectivity index (χ2n) is 4.03. The van der Waals surface area contributed by atoms with E-state index < -0.39 is 0 Å². The minimum absolute atomic E-state index is 0.283. The second-order valence-corrected chi connectivity index (χ2v) is 4.03. The summed E-state index contributed by atoms with van der Waals surface area (Å²) in [5.74, 6) is 0. The lowest BCUT2D eigenvalue weighted by atomic mass is 9.99. The monoisotopic (exact) mass is 203 g/mol. The molecule has 0 saturated carbocycles. The highest BCUT2D eigenvalue weighted by Crippen LogP contribution is 2.19. The molecule has 1 nitrogen and oxygen atoms in total. The van der Waals surface area contributed by atoms with Crippen molar-refractivity contribution < 1.29 is 0 Å². The van der Waals surface area contributed by atoms with Crippen LogP contribution in [-0.2, 0) is 0 Å². The van der Waals surface area contributed by atoms with Gasteiger partial charge in [-0.25, -0.2) is 0 Å². The van der Waals surface area contributed by atoms with Crippen LogP contribution in [0.15, 0.2) is 30.9 Å². The van der Waals surface area contributed by atoms with Crippen molar-refractivity contribution in [1.29, 1.82) is 0 Å². The zero-order valence-corrected chi connectivity index (χ0v) is 10.0. The van der Waals surface area contributed by atoms with Gasteiger partial charge in [-0.15, -0.1) is 6.58 Å². The van der Waals surface area contributed by atoms with Gasteiger partial charge in [-0.1, -0.05) is 36.8 Å². The van der Waals surface area contributed by atoms with Crippen molar-refractivity contribution in [2.24, 2.45) is 0 Å². The van der Waals surface area contributed by atoms with Crippen LogP contribution in [-0.4, -0.2) is 6.54 Å². The largest absolute Gasteiger partial charge is 0.307 e. The number of hydrogen-bond donors (Lipinski definition) is 1. The van der Waals surface area contributed by atoms with E-state index in [1.165, 1.54) is 16.7 Å². The first kappa shape index (κ1) is 12.0. The van der Waals surface area contributed by atoms with Crippen LogP contribution in [0.5, 0.6) is 0 Å². The zero-order chi connectivity index (χ0) is 11.3. The van der Waals surface area contributed by atoms with Crippen LogP contribution in [0, 0.1) is 13.8 Å². The zero-order valence-electron chi connectivity index (χ0n) is 10.0. The van der Waals surface area contributed by atoms with Crippen LogP contribution in [0.1, 0.15) is 36.1 Å². The summed E-state index contributed by atoms with van der Waals surface area (Å²) in [6.07, 6.45) is 3.13. The summed E-state index contributed by atoms with van der Waals surface area (Å²) in [5.41, 5.74) is 3.99. The maximum Gasteiger partial charge on any atom is 0.0506 e. The van der Waals surface area contributed by atoms with E-state index in [4.69, 9.17) is 0 Å². The van der Waals surface area contributed by atoms with Crippen LogP contribution < -0.4 is 5.32 Å². The van der Waals surface area contributed by atoms with Crippen molar-refractivity contribution in [3.8, 4) is 0 Å². The molecule has 0 aliphatic heterocycles. The highest BCUT2D eigenvalue weighted by molar-refractivity contribution is 5.34. The molecule has 1 N–H and O–H groups in total. The Bertz CT molecular complexity index is 328. The normalized spacial score (nSPS) is 12.5. The molecule has 0 aliphatic rings. The van der Waals surface area contributed by atoms with Crippen molar-refractivity contribution in [2.45, 2.75) is 33.2 Å². The first-order valence-electron chi connectivity index (χ1n) is 5.62. The van der Waals surface area contributed by atoms with Gasteiger partial charge in [0.1, 0.15) is 0 Å². The van der Waals surface area contributed by atoms with Crippen molar-refractivity contribution in [3.05, 3.63) is 47.5 Å². The lowest BCUT2D eigenvalue weighted by Gasteiger charge is -2.17. The Kier molecular flexibility index (Phi) is 4.57. The Morgan fingerprint density at radius 1 is 1.40 bits per heavy atom. The molecule has 15 heavy (non-hydrogen) atoms. The summed E-state index contributed by atoms with van der Waals surface area (Å²) in [4.78, 5) is 0. The van der Waals surface area contributed by atoms with Crippen LogP contribution in [0.2, 0.25) is 0 Å². The number of nitrogens with one attached hydrogen (secondary N) is 1. The van der Waals surface area contributed by atoms with Crippen LogP contribution in [0.4, 0.5) is 0 Å². The maximum absolute atomic E-state index is 3.89. The van der Waals surface area contributed by atoms with Crippen LogP contribution in [0.25, 0.3) is 0 Å². The minimum atomic E-state index is 0.283. The van der Waals surface area contributed by atoms with Gasteiger partial charge in [-0.2, -0.15) is 0 Å². The summed E-state index contributed by atoms with van der Waals surface area (Å²) in [7, 11) is 0. The van der Waals surface area contributed by atoms with Gasteiger partial charge in [0.05, 0.1) is 6.04 Å². The lowest BCUT2D eigenvalue weighted by Crippen LogP contribution is -2.20. The van der Waals surface area contributed by atoms with Gasteiger partial charge in [0.15, 0.2) is 0 Å². The Morgan fingerprint density at radius 3 is 2.67 bits per heavy atom. The highest BCUT2D eigenvalue weighted by atomic mass is 14.9. The minimum Gasteiger partial charge on any atom is -0.307 e. The van der Waals surface area contributed by atoms with E-state index in [-0.39, 0.29) is 6.04 Å². The first-order chi connectivity index (χ1) is 7.19. The molecule has 1 aromatic rings. The highest BCUT2D eigenvalue weighted by Gasteiger charge is 2.08. The van der Waals surface area contributed by atoms with Gasteiger partial charge in [0.2, 0.25) is 0 Å². The number of rotatable bonds is 5. The Hall–Kier alpha value is -1.08. The molecule has 82 valence electrons. The van der Waals surface area contributed by atoms with E-state index in [9.17, 15) is 0 Å². The van der Waals surface area contributed by atoms with Crippen LogP contribution in [0.3, 0.4) is 0 Å². The summed E-state index contributed by atoms with van der Waals surface area (Å²) in [5, 5.41) is 3.48. The molecule has 0 aliphatic carbocycles. The van der Waals surface area contributed by atoms with E-state index in [0.29, 0.717) is 0 Å². The molecule has 1 atom stereocenters. The van der Waals surface area contributed by atoms with Crippen molar-refractivity contribution in [3.63, 3.8) is 0 Å². The molecule has 0 radical (unpaired) electrons. The fourth-order valence-corrected chi connectivity index (χ4v) is 1.79. The third-order valence-corrected chi connectivity index (χ3v) is 2.61. The molecule has 0 heterocycles. The molecule has 0 spiro atoms. The first-order valence-corrected chi connectivity index (χ1v) is 5.62. The van der Waals surface area contributed by atoms with E-state index >= 15 is 0 Å². The predicted molar refractivity (Wildman–Crippen MR) is 67.1 cm³/mol. The molecule has 1 unspecified atom stereocenters. The SMILES string of the molecule is C=CC(NCCC)c1ccc(C)cc1C. The van der Waals surface area contributed by atoms with E-state index in [1.54, 1.807) is 0 Å². The van der Waals surface area contributed by atoms with Gasteiger partial charge in [0, 0.05) is 0 Å². The number of hydrogen-bond acceptors (Lipinski definition) is 1. The number of aryl methyl sites for hydroxylation is 2. The maximum atomic E-state index is 3.89. The lowest BCUT2D eigenvalue weighted by molar-refractivity contribution is 0.611. The molecule has 1 rings (SSSR count). The summed E-state index contributed by atoms with van der Waals surface area (Å²) < 4.78 is 0. The average molecular weight is 203 g/mol. The quantitative estimate of drug-likeness (QED) is 0.722. The summed E-state index contributed by atoms with van der Waals surface area (Å²) >= 11 is 0. The van der Waals surface area contributed by atoms with Crippen molar-refractivity contribution in [2.75, 3.05) is 6.54 Å². The molecule has 0 fully saturated rings. The summed E-state index contributed by atoms with van der Waals surface area (Å²) in [6, 6.07) is 6.86. The van der Waals surface area contributed by atoms with Crippen molar-refractivity contribution in [1.82, 2.24) is 5.32 Å². The van der Waals surface area contributed by atoms with Gasteiger partial charge in [0.25, 0.3) is 0 Å². The van der Waals surface area contributed by atoms with Gasteiger partial charge in [-0.3, -0.25) is 0 Å². The third-order valence-electron chi connectivity index (χ3n) is 2.61. The van der Waals surface area contributed by atoms with Crippen LogP contribution >= 0.6 is 0 Å². The topological polar surface area (TPSA) is 12.0 Å². The molecular weight excluding hydrogens is 182 g/mol. The smallest absolute Gasteiger partial charge is 0.0506 e. The average Bonchev–Trinajstić information content (AvgIpc) is 2.21. The number of benzene rings is 1. The Balaban J connectivity index is 2.86. The molecule has 0 amide bonds. The fraction of sp³-hybridized carbons (Fsp3) is 0.429. The van der Waals surface area contributed by atoms with Crippen molar-refractivity contribution >= 4 is 0 Å². The van der Waals surface area contributed by atoms with E-state index in [0.717, 1.165) is 13.0 Å². The Labute approximate surface area is 93.2 Å². The molecule has 0 aromatic heterocycles. The van der Waals surface area contributed by atoms with E-state index in [1.807, 2.05) is 6.08 Å². The molecular formula is C14H21N. The molecule has 1 aromatic carbocycles. The standard InChI is InChI=1S/C14H21N/c1-5-9-15-14(6-2)13-8-7-11(3)10-12(13)4/h6-8,10,14-15H,2,5,9H2,1,3-4H3. The molecule has 0 bridgehead atoms. The van der Waals surface area contributed by atoms with Gasteiger partial charge in [-0.05, 0) is 37.9 Å². The van der Waals surface area contributed by atoms with Gasteiger partial charge >= 0.3 is 0 Å².